The first-order valence-electron chi connectivity index (χ1n) is 5.82. The van der Waals surface area contributed by atoms with E-state index >= 15 is 0 Å². The van der Waals surface area contributed by atoms with Crippen molar-refractivity contribution >= 4 is 0 Å². The molecule has 0 spiro atoms. The van der Waals surface area contributed by atoms with Gasteiger partial charge in [-0.15, -0.1) is 0 Å². The summed E-state index contributed by atoms with van der Waals surface area (Å²) in [6.45, 7) is 2.84. The second-order valence-corrected chi connectivity index (χ2v) is 4.28. The first-order valence-corrected chi connectivity index (χ1v) is 5.82. The average Bonchev–Trinajstić information content (AvgIpc) is 2.40. The van der Waals surface area contributed by atoms with Crippen molar-refractivity contribution in [3.8, 4) is 0 Å². The molecule has 0 unspecified atom stereocenters. The van der Waals surface area contributed by atoms with E-state index in [1.807, 2.05) is 24.5 Å². The van der Waals surface area contributed by atoms with Crippen molar-refractivity contribution in [1.29, 1.82) is 0 Å². The molecule has 0 saturated heterocycles. The van der Waals surface area contributed by atoms with E-state index in [0.717, 1.165) is 37.4 Å². The third kappa shape index (κ3) is 2.31. The van der Waals surface area contributed by atoms with E-state index in [2.05, 4.69) is 25.9 Å². The molecule has 0 fully saturated rings. The molecule has 4 heteroatoms. The Bertz CT molecular complexity index is 498. The van der Waals surface area contributed by atoms with Crippen LogP contribution in [0.25, 0.3) is 0 Å². The van der Waals surface area contributed by atoms with Crippen LogP contribution in [-0.4, -0.2) is 26.4 Å². The number of pyridine rings is 1. The lowest BCUT2D eigenvalue weighted by Gasteiger charge is -2.27. The predicted octanol–water partition coefficient (Wildman–Crippen LogP) is 1.43. The Labute approximate surface area is 100 Å². The minimum Gasteiger partial charge on any atom is -0.291 e. The topological polar surface area (TPSA) is 41.9 Å². The van der Waals surface area contributed by atoms with Crippen LogP contribution in [-0.2, 0) is 19.5 Å². The summed E-state index contributed by atoms with van der Waals surface area (Å²) in [4.78, 5) is 15.1. The number of fused-ring (bicyclic) bond motifs is 1. The monoisotopic (exact) mass is 226 g/mol. The number of hydrogen-bond acceptors (Lipinski definition) is 4. The zero-order valence-electron chi connectivity index (χ0n) is 9.58. The summed E-state index contributed by atoms with van der Waals surface area (Å²) in [5.74, 6) is 0. The van der Waals surface area contributed by atoms with Crippen molar-refractivity contribution in [2.24, 2.45) is 0 Å². The molecule has 1 aliphatic heterocycles. The molecule has 2 aromatic rings. The SMILES string of the molecule is c1ccc(CN2CCc3cncnc3C2)nc1. The fourth-order valence-electron chi connectivity index (χ4n) is 2.16. The zero-order chi connectivity index (χ0) is 11.5. The van der Waals surface area contributed by atoms with Crippen molar-refractivity contribution in [2.45, 2.75) is 19.5 Å². The van der Waals surface area contributed by atoms with Gasteiger partial charge < -0.3 is 0 Å². The van der Waals surface area contributed by atoms with Crippen molar-refractivity contribution in [3.05, 3.63) is 53.9 Å². The van der Waals surface area contributed by atoms with Gasteiger partial charge in [-0.1, -0.05) is 6.07 Å². The maximum atomic E-state index is 4.35. The van der Waals surface area contributed by atoms with Crippen molar-refractivity contribution in [3.63, 3.8) is 0 Å². The third-order valence-corrected chi connectivity index (χ3v) is 3.06. The maximum absolute atomic E-state index is 4.35. The first-order chi connectivity index (χ1) is 8.42. The Morgan fingerprint density at radius 1 is 1.24 bits per heavy atom. The highest BCUT2D eigenvalue weighted by Gasteiger charge is 2.17. The highest BCUT2D eigenvalue weighted by molar-refractivity contribution is 5.19. The lowest BCUT2D eigenvalue weighted by Crippen LogP contribution is -2.31. The van der Waals surface area contributed by atoms with Gasteiger partial charge in [-0.25, -0.2) is 9.97 Å². The van der Waals surface area contributed by atoms with Crippen LogP contribution in [0.3, 0.4) is 0 Å². The van der Waals surface area contributed by atoms with Gasteiger partial charge in [-0.05, 0) is 24.1 Å². The Morgan fingerprint density at radius 3 is 3.12 bits per heavy atom. The molecule has 2 aromatic heterocycles. The molecular formula is C13H14N4. The Hall–Kier alpha value is -1.81. The molecule has 17 heavy (non-hydrogen) atoms. The molecule has 0 amide bonds. The highest BCUT2D eigenvalue weighted by Crippen LogP contribution is 2.16. The van der Waals surface area contributed by atoms with Gasteiger partial charge in [-0.3, -0.25) is 9.88 Å². The van der Waals surface area contributed by atoms with E-state index in [1.165, 1.54) is 5.56 Å². The summed E-state index contributed by atoms with van der Waals surface area (Å²) in [7, 11) is 0. The van der Waals surface area contributed by atoms with Gasteiger partial charge in [0, 0.05) is 32.0 Å². The van der Waals surface area contributed by atoms with Crippen LogP contribution in [0.1, 0.15) is 17.0 Å². The van der Waals surface area contributed by atoms with Gasteiger partial charge in [-0.2, -0.15) is 0 Å². The van der Waals surface area contributed by atoms with Crippen LogP contribution < -0.4 is 0 Å². The Balaban J connectivity index is 1.72. The number of aromatic nitrogens is 3. The third-order valence-electron chi connectivity index (χ3n) is 3.06. The molecule has 86 valence electrons. The fraction of sp³-hybridized carbons (Fsp3) is 0.308. The van der Waals surface area contributed by atoms with E-state index in [1.54, 1.807) is 6.33 Å². The fourth-order valence-corrected chi connectivity index (χ4v) is 2.16. The molecule has 4 nitrogen and oxygen atoms in total. The maximum Gasteiger partial charge on any atom is 0.115 e. The molecule has 0 saturated carbocycles. The normalized spacial score (nSPS) is 15.5. The van der Waals surface area contributed by atoms with E-state index in [-0.39, 0.29) is 0 Å². The summed E-state index contributed by atoms with van der Waals surface area (Å²) in [5, 5.41) is 0. The van der Waals surface area contributed by atoms with Gasteiger partial charge in [0.1, 0.15) is 6.33 Å². The van der Waals surface area contributed by atoms with Crippen LogP contribution in [0.4, 0.5) is 0 Å². The molecule has 0 radical (unpaired) electrons. The lowest BCUT2D eigenvalue weighted by atomic mass is 10.1. The molecule has 0 N–H and O–H groups in total. The molecular weight excluding hydrogens is 212 g/mol. The average molecular weight is 226 g/mol. The summed E-state index contributed by atoms with van der Waals surface area (Å²) in [6, 6.07) is 6.04. The van der Waals surface area contributed by atoms with Gasteiger partial charge in [0.15, 0.2) is 0 Å². The quantitative estimate of drug-likeness (QED) is 0.777. The van der Waals surface area contributed by atoms with Crippen LogP contribution in [0.15, 0.2) is 36.9 Å². The van der Waals surface area contributed by atoms with Gasteiger partial charge in [0.05, 0.1) is 11.4 Å². The zero-order valence-corrected chi connectivity index (χ0v) is 9.58. The second kappa shape index (κ2) is 4.59. The number of rotatable bonds is 2. The Kier molecular flexibility index (Phi) is 2.80. The van der Waals surface area contributed by atoms with Gasteiger partial charge >= 0.3 is 0 Å². The van der Waals surface area contributed by atoms with E-state index < -0.39 is 0 Å². The molecule has 0 bridgehead atoms. The molecule has 0 atom stereocenters. The number of nitrogens with zero attached hydrogens (tertiary/aromatic N) is 4. The van der Waals surface area contributed by atoms with Crippen LogP contribution >= 0.6 is 0 Å². The van der Waals surface area contributed by atoms with E-state index in [0.29, 0.717) is 0 Å². The predicted molar refractivity (Wildman–Crippen MR) is 64.1 cm³/mol. The summed E-state index contributed by atoms with van der Waals surface area (Å²) in [6.07, 6.45) is 6.43. The van der Waals surface area contributed by atoms with Gasteiger partial charge in [0.25, 0.3) is 0 Å². The van der Waals surface area contributed by atoms with Crippen LogP contribution in [0, 0.1) is 0 Å². The smallest absolute Gasteiger partial charge is 0.115 e. The second-order valence-electron chi connectivity index (χ2n) is 4.28. The molecule has 0 aromatic carbocycles. The minimum atomic E-state index is 0.893. The highest BCUT2D eigenvalue weighted by atomic mass is 15.1. The van der Waals surface area contributed by atoms with E-state index in [4.69, 9.17) is 0 Å². The van der Waals surface area contributed by atoms with Crippen LogP contribution in [0.5, 0.6) is 0 Å². The largest absolute Gasteiger partial charge is 0.291 e. The summed E-state index contributed by atoms with van der Waals surface area (Å²) in [5.41, 5.74) is 3.55. The molecule has 1 aliphatic rings. The molecule has 3 rings (SSSR count). The van der Waals surface area contributed by atoms with Crippen molar-refractivity contribution < 1.29 is 0 Å². The molecule has 3 heterocycles. The van der Waals surface area contributed by atoms with Gasteiger partial charge in [0.2, 0.25) is 0 Å². The van der Waals surface area contributed by atoms with Crippen molar-refractivity contribution in [1.82, 2.24) is 19.9 Å². The summed E-state index contributed by atoms with van der Waals surface area (Å²) >= 11 is 0. The summed E-state index contributed by atoms with van der Waals surface area (Å²) < 4.78 is 0. The number of hydrogen-bond donors (Lipinski definition) is 0. The van der Waals surface area contributed by atoms with Crippen LogP contribution in [0.2, 0.25) is 0 Å². The first kappa shape index (κ1) is 10.4. The lowest BCUT2D eigenvalue weighted by molar-refractivity contribution is 0.238. The minimum absolute atomic E-state index is 0.893. The van der Waals surface area contributed by atoms with Crippen molar-refractivity contribution in [2.75, 3.05) is 6.54 Å². The standard InChI is InChI=1S/C13H14N4/c1-2-5-15-12(3-1)8-17-6-4-11-7-14-10-16-13(11)9-17/h1-3,5,7,10H,4,6,8-9H2. The van der Waals surface area contributed by atoms with E-state index in [9.17, 15) is 0 Å². The molecule has 0 aliphatic carbocycles. The Morgan fingerprint density at radius 2 is 2.24 bits per heavy atom.